The molecule has 1 amide bonds. The van der Waals surface area contributed by atoms with Gasteiger partial charge < -0.3 is 11.1 Å². The third-order valence-electron chi connectivity index (χ3n) is 3.85. The fourth-order valence-corrected chi connectivity index (χ4v) is 2.78. The zero-order chi connectivity index (χ0) is 12.7. The summed E-state index contributed by atoms with van der Waals surface area (Å²) in [6.07, 6.45) is 8.99. The van der Waals surface area contributed by atoms with E-state index in [9.17, 15) is 4.79 Å². The SMILES string of the molecule is CCCC(N)CC(=O)N[C@@H](C)C1CCCCC1. The van der Waals surface area contributed by atoms with Gasteiger partial charge in [-0.05, 0) is 32.1 Å². The largest absolute Gasteiger partial charge is 0.353 e. The van der Waals surface area contributed by atoms with Crippen LogP contribution >= 0.6 is 0 Å². The average Bonchev–Trinajstić information content (AvgIpc) is 2.30. The molecule has 3 N–H and O–H groups in total. The number of hydrogen-bond acceptors (Lipinski definition) is 2. The molecule has 2 atom stereocenters. The third kappa shape index (κ3) is 5.53. The number of amides is 1. The highest BCUT2D eigenvalue weighted by atomic mass is 16.1. The summed E-state index contributed by atoms with van der Waals surface area (Å²) in [5.41, 5.74) is 5.88. The van der Waals surface area contributed by atoms with Crippen molar-refractivity contribution in [2.45, 2.75) is 77.3 Å². The summed E-state index contributed by atoms with van der Waals surface area (Å²) in [7, 11) is 0. The maximum atomic E-state index is 11.8. The molecular weight excluding hydrogens is 212 g/mol. The van der Waals surface area contributed by atoms with E-state index in [1.807, 2.05) is 0 Å². The van der Waals surface area contributed by atoms with E-state index in [2.05, 4.69) is 19.2 Å². The van der Waals surface area contributed by atoms with Crippen molar-refractivity contribution in [3.63, 3.8) is 0 Å². The van der Waals surface area contributed by atoms with Gasteiger partial charge in [-0.3, -0.25) is 4.79 Å². The van der Waals surface area contributed by atoms with Gasteiger partial charge in [-0.1, -0.05) is 32.6 Å². The van der Waals surface area contributed by atoms with Crippen molar-refractivity contribution >= 4 is 5.91 Å². The Morgan fingerprint density at radius 3 is 2.59 bits per heavy atom. The first-order chi connectivity index (χ1) is 8.13. The fourth-order valence-electron chi connectivity index (χ4n) is 2.78. The zero-order valence-corrected chi connectivity index (χ0v) is 11.4. The number of nitrogens with one attached hydrogen (secondary N) is 1. The van der Waals surface area contributed by atoms with Crippen LogP contribution in [0.3, 0.4) is 0 Å². The van der Waals surface area contributed by atoms with Crippen LogP contribution in [0.2, 0.25) is 0 Å². The van der Waals surface area contributed by atoms with Gasteiger partial charge in [0, 0.05) is 18.5 Å². The predicted octanol–water partition coefficient (Wildman–Crippen LogP) is 2.59. The summed E-state index contributed by atoms with van der Waals surface area (Å²) in [4.78, 5) is 11.8. The van der Waals surface area contributed by atoms with E-state index in [1.54, 1.807) is 0 Å². The van der Waals surface area contributed by atoms with E-state index in [4.69, 9.17) is 5.73 Å². The lowest BCUT2D eigenvalue weighted by atomic mass is 9.84. The molecule has 0 aromatic rings. The van der Waals surface area contributed by atoms with E-state index in [0.717, 1.165) is 12.8 Å². The van der Waals surface area contributed by atoms with Gasteiger partial charge in [0.2, 0.25) is 5.91 Å². The standard InChI is InChI=1S/C14H28N2O/c1-3-7-13(15)10-14(17)16-11(2)12-8-5-4-6-9-12/h11-13H,3-10,15H2,1-2H3,(H,16,17)/t11-,13?/m0/s1. The van der Waals surface area contributed by atoms with Gasteiger partial charge in [-0.2, -0.15) is 0 Å². The summed E-state index contributed by atoms with van der Waals surface area (Å²) >= 11 is 0. The van der Waals surface area contributed by atoms with Gasteiger partial charge in [-0.15, -0.1) is 0 Å². The van der Waals surface area contributed by atoms with Crippen LogP contribution in [0.4, 0.5) is 0 Å². The number of carbonyl (C=O) groups is 1. The van der Waals surface area contributed by atoms with E-state index in [1.165, 1.54) is 32.1 Å². The quantitative estimate of drug-likeness (QED) is 0.750. The van der Waals surface area contributed by atoms with Crippen molar-refractivity contribution in [1.82, 2.24) is 5.32 Å². The lowest BCUT2D eigenvalue weighted by molar-refractivity contribution is -0.122. The van der Waals surface area contributed by atoms with E-state index < -0.39 is 0 Å². The lowest BCUT2D eigenvalue weighted by Crippen LogP contribution is -2.41. The van der Waals surface area contributed by atoms with Crippen molar-refractivity contribution in [3.05, 3.63) is 0 Å². The van der Waals surface area contributed by atoms with Gasteiger partial charge in [0.05, 0.1) is 0 Å². The predicted molar refractivity (Wildman–Crippen MR) is 71.7 cm³/mol. The van der Waals surface area contributed by atoms with E-state index in [0.29, 0.717) is 18.4 Å². The first-order valence-electron chi connectivity index (χ1n) is 7.18. The Balaban J connectivity index is 2.24. The molecule has 1 rings (SSSR count). The monoisotopic (exact) mass is 240 g/mol. The van der Waals surface area contributed by atoms with Crippen LogP contribution in [0, 0.1) is 5.92 Å². The molecule has 1 aliphatic carbocycles. The van der Waals surface area contributed by atoms with Crippen LogP contribution in [0.15, 0.2) is 0 Å². The topological polar surface area (TPSA) is 55.1 Å². The van der Waals surface area contributed by atoms with E-state index >= 15 is 0 Å². The summed E-state index contributed by atoms with van der Waals surface area (Å²) in [5.74, 6) is 0.805. The Hall–Kier alpha value is -0.570. The maximum absolute atomic E-state index is 11.8. The number of carbonyl (C=O) groups excluding carboxylic acids is 1. The molecule has 0 spiro atoms. The van der Waals surface area contributed by atoms with Gasteiger partial charge in [-0.25, -0.2) is 0 Å². The molecule has 0 aliphatic heterocycles. The molecule has 3 heteroatoms. The van der Waals surface area contributed by atoms with Crippen LogP contribution in [0.5, 0.6) is 0 Å². The Kier molecular flexibility index (Phi) is 6.56. The smallest absolute Gasteiger partial charge is 0.221 e. The normalized spacial score (nSPS) is 20.9. The molecule has 0 radical (unpaired) electrons. The minimum Gasteiger partial charge on any atom is -0.353 e. The first-order valence-corrected chi connectivity index (χ1v) is 7.18. The first kappa shape index (κ1) is 14.5. The molecule has 17 heavy (non-hydrogen) atoms. The molecule has 0 aromatic heterocycles. The van der Waals surface area contributed by atoms with Crippen molar-refractivity contribution in [2.24, 2.45) is 11.7 Å². The van der Waals surface area contributed by atoms with Gasteiger partial charge in [0.25, 0.3) is 0 Å². The molecule has 1 saturated carbocycles. The zero-order valence-electron chi connectivity index (χ0n) is 11.4. The molecule has 1 unspecified atom stereocenters. The van der Waals surface area contributed by atoms with E-state index in [-0.39, 0.29) is 11.9 Å². The molecule has 0 saturated heterocycles. The number of nitrogens with two attached hydrogens (primary N) is 1. The summed E-state index contributed by atoms with van der Waals surface area (Å²) in [6, 6.07) is 0.343. The Morgan fingerprint density at radius 2 is 2.00 bits per heavy atom. The molecular formula is C14H28N2O. The highest BCUT2D eigenvalue weighted by Crippen LogP contribution is 2.26. The van der Waals surface area contributed by atoms with Crippen LogP contribution in [-0.4, -0.2) is 18.0 Å². The molecule has 1 aliphatic rings. The molecule has 100 valence electrons. The van der Waals surface area contributed by atoms with Gasteiger partial charge in [0.15, 0.2) is 0 Å². The van der Waals surface area contributed by atoms with Crippen LogP contribution in [-0.2, 0) is 4.79 Å². The van der Waals surface area contributed by atoms with Crippen LogP contribution in [0.25, 0.3) is 0 Å². The second-order valence-corrected chi connectivity index (χ2v) is 5.51. The number of rotatable bonds is 6. The second-order valence-electron chi connectivity index (χ2n) is 5.51. The molecule has 3 nitrogen and oxygen atoms in total. The fraction of sp³-hybridized carbons (Fsp3) is 0.929. The van der Waals surface area contributed by atoms with Crippen molar-refractivity contribution in [1.29, 1.82) is 0 Å². The Labute approximate surface area is 106 Å². The van der Waals surface area contributed by atoms with Crippen LogP contribution < -0.4 is 11.1 Å². The summed E-state index contributed by atoms with van der Waals surface area (Å²) in [5, 5.41) is 3.12. The van der Waals surface area contributed by atoms with Crippen molar-refractivity contribution in [2.75, 3.05) is 0 Å². The number of hydrogen-bond donors (Lipinski definition) is 2. The van der Waals surface area contributed by atoms with Gasteiger partial charge in [0.1, 0.15) is 0 Å². The molecule has 1 fully saturated rings. The lowest BCUT2D eigenvalue weighted by Gasteiger charge is -2.28. The highest BCUT2D eigenvalue weighted by Gasteiger charge is 2.21. The molecule has 0 heterocycles. The van der Waals surface area contributed by atoms with Crippen LogP contribution in [0.1, 0.15) is 65.2 Å². The maximum Gasteiger partial charge on any atom is 0.221 e. The second kappa shape index (κ2) is 7.70. The highest BCUT2D eigenvalue weighted by molar-refractivity contribution is 5.76. The minimum atomic E-state index is 0.0264. The van der Waals surface area contributed by atoms with Crippen molar-refractivity contribution < 1.29 is 4.79 Å². The minimum absolute atomic E-state index is 0.0264. The molecule has 0 bridgehead atoms. The van der Waals surface area contributed by atoms with Crippen molar-refractivity contribution in [3.8, 4) is 0 Å². The Bertz CT molecular complexity index is 224. The van der Waals surface area contributed by atoms with Gasteiger partial charge >= 0.3 is 0 Å². The average molecular weight is 240 g/mol. The molecule has 0 aromatic carbocycles. The Morgan fingerprint density at radius 1 is 1.35 bits per heavy atom. The third-order valence-corrected chi connectivity index (χ3v) is 3.85. The summed E-state index contributed by atoms with van der Waals surface area (Å²) in [6.45, 7) is 4.24. The summed E-state index contributed by atoms with van der Waals surface area (Å²) < 4.78 is 0.